The van der Waals surface area contributed by atoms with E-state index in [2.05, 4.69) is 20.3 Å². The maximum atomic E-state index is 5.87. The Kier molecular flexibility index (Phi) is 7.12. The molecular weight excluding hydrogens is 262 g/mol. The molecule has 0 bridgehead atoms. The maximum absolute atomic E-state index is 5.87. The van der Waals surface area contributed by atoms with Gasteiger partial charge in [0.2, 0.25) is 0 Å². The Labute approximate surface area is 127 Å². The van der Waals surface area contributed by atoms with E-state index in [0.29, 0.717) is 5.96 Å². The number of nitrogens with two attached hydrogens (primary N) is 1. The van der Waals surface area contributed by atoms with Crippen LogP contribution in [0.25, 0.3) is 0 Å². The van der Waals surface area contributed by atoms with Gasteiger partial charge in [-0.25, -0.2) is 4.98 Å². The first-order chi connectivity index (χ1) is 10.3. The molecule has 0 radical (unpaired) electrons. The topological polar surface area (TPSA) is 79.1 Å². The summed E-state index contributed by atoms with van der Waals surface area (Å²) in [4.78, 5) is 11.4. The lowest BCUT2D eigenvalue weighted by molar-refractivity contribution is 0.332. The zero-order valence-corrected chi connectivity index (χ0v) is 13.0. The summed E-state index contributed by atoms with van der Waals surface area (Å²) in [7, 11) is 0. The maximum Gasteiger partial charge on any atom is 0.188 e. The van der Waals surface area contributed by atoms with Gasteiger partial charge < -0.3 is 16.0 Å². The van der Waals surface area contributed by atoms with Gasteiger partial charge in [-0.1, -0.05) is 32.1 Å². The van der Waals surface area contributed by atoms with E-state index in [0.717, 1.165) is 37.5 Å². The van der Waals surface area contributed by atoms with Gasteiger partial charge in [0.25, 0.3) is 0 Å². The van der Waals surface area contributed by atoms with E-state index in [-0.39, 0.29) is 0 Å². The Balaban J connectivity index is 1.48. The van der Waals surface area contributed by atoms with Gasteiger partial charge in [-0.05, 0) is 31.6 Å². The average Bonchev–Trinajstić information content (AvgIpc) is 3.02. The molecule has 0 spiro atoms. The molecule has 4 N–H and O–H groups in total. The molecule has 5 nitrogen and oxygen atoms in total. The zero-order valence-electron chi connectivity index (χ0n) is 13.0. The van der Waals surface area contributed by atoms with Gasteiger partial charge in [0, 0.05) is 25.0 Å². The van der Waals surface area contributed by atoms with Gasteiger partial charge in [-0.15, -0.1) is 0 Å². The molecule has 0 aromatic carbocycles. The lowest BCUT2D eigenvalue weighted by atomic mass is 9.86. The van der Waals surface area contributed by atoms with Gasteiger partial charge >= 0.3 is 0 Å². The normalized spacial score (nSPS) is 17.0. The van der Waals surface area contributed by atoms with Crippen molar-refractivity contribution < 1.29 is 0 Å². The Morgan fingerprint density at radius 3 is 2.95 bits per heavy atom. The summed E-state index contributed by atoms with van der Waals surface area (Å²) in [5, 5.41) is 3.22. The number of aromatic amines is 1. The summed E-state index contributed by atoms with van der Waals surface area (Å²) >= 11 is 0. The van der Waals surface area contributed by atoms with E-state index < -0.39 is 0 Å². The Hall–Kier alpha value is -1.52. The van der Waals surface area contributed by atoms with E-state index in [1.807, 2.05) is 6.20 Å². The number of imidazole rings is 1. The number of nitrogens with zero attached hydrogens (tertiary/aromatic N) is 2. The lowest BCUT2D eigenvalue weighted by Gasteiger charge is -2.21. The summed E-state index contributed by atoms with van der Waals surface area (Å²) in [5.74, 6) is 1.54. The minimum Gasteiger partial charge on any atom is -0.370 e. The van der Waals surface area contributed by atoms with Crippen molar-refractivity contribution in [3.05, 3.63) is 18.2 Å². The third kappa shape index (κ3) is 6.65. The van der Waals surface area contributed by atoms with Crippen LogP contribution < -0.4 is 11.1 Å². The second kappa shape index (κ2) is 9.42. The summed E-state index contributed by atoms with van der Waals surface area (Å²) in [6.07, 6.45) is 15.2. The van der Waals surface area contributed by atoms with Crippen LogP contribution in [-0.4, -0.2) is 29.0 Å². The Bertz CT molecular complexity index is 393. The fourth-order valence-corrected chi connectivity index (χ4v) is 3.03. The van der Waals surface area contributed by atoms with Crippen molar-refractivity contribution in [3.63, 3.8) is 0 Å². The largest absolute Gasteiger partial charge is 0.370 e. The Morgan fingerprint density at radius 2 is 2.19 bits per heavy atom. The number of aryl methyl sites for hydroxylation is 1. The van der Waals surface area contributed by atoms with Crippen molar-refractivity contribution in [1.29, 1.82) is 0 Å². The van der Waals surface area contributed by atoms with Gasteiger partial charge in [0.05, 0.1) is 6.33 Å². The van der Waals surface area contributed by atoms with Crippen LogP contribution in [0, 0.1) is 5.92 Å². The molecule has 1 heterocycles. The molecule has 0 unspecified atom stereocenters. The predicted octanol–water partition coefficient (Wildman–Crippen LogP) is 2.61. The number of guanidine groups is 1. The van der Waals surface area contributed by atoms with Crippen molar-refractivity contribution in [3.8, 4) is 0 Å². The van der Waals surface area contributed by atoms with Gasteiger partial charge in [-0.3, -0.25) is 4.99 Å². The Morgan fingerprint density at radius 1 is 1.33 bits per heavy atom. The molecule has 1 saturated carbocycles. The fourth-order valence-electron chi connectivity index (χ4n) is 3.03. The highest BCUT2D eigenvalue weighted by molar-refractivity contribution is 5.77. The van der Waals surface area contributed by atoms with Gasteiger partial charge in [-0.2, -0.15) is 0 Å². The fraction of sp³-hybridized carbons (Fsp3) is 0.750. The van der Waals surface area contributed by atoms with Crippen LogP contribution in [0.1, 0.15) is 57.1 Å². The van der Waals surface area contributed by atoms with Crippen LogP contribution in [0.2, 0.25) is 0 Å². The van der Waals surface area contributed by atoms with E-state index in [4.69, 9.17) is 5.73 Å². The second-order valence-corrected chi connectivity index (χ2v) is 6.02. The molecule has 1 aromatic heterocycles. The van der Waals surface area contributed by atoms with Crippen LogP contribution in [0.3, 0.4) is 0 Å². The first-order valence-corrected chi connectivity index (χ1v) is 8.35. The van der Waals surface area contributed by atoms with Crippen molar-refractivity contribution in [2.45, 2.75) is 57.8 Å². The minimum atomic E-state index is 0.586. The number of aromatic nitrogens is 2. The molecule has 1 aliphatic rings. The molecule has 0 saturated heterocycles. The molecule has 118 valence electrons. The van der Waals surface area contributed by atoms with Crippen LogP contribution in [0.4, 0.5) is 0 Å². The van der Waals surface area contributed by atoms with Crippen LogP contribution >= 0.6 is 0 Å². The molecule has 1 aliphatic carbocycles. The summed E-state index contributed by atoms with van der Waals surface area (Å²) in [6, 6.07) is 0. The van der Waals surface area contributed by atoms with Crippen molar-refractivity contribution in [1.82, 2.24) is 15.3 Å². The first-order valence-electron chi connectivity index (χ1n) is 8.35. The standard InChI is InChI=1S/C16H29N5/c17-16(20-11-5-9-15-12-18-13-21-15)19-10-4-8-14-6-2-1-3-7-14/h12-14H,1-11H2,(H,18,21)(H3,17,19,20). The van der Waals surface area contributed by atoms with E-state index in [9.17, 15) is 0 Å². The SMILES string of the molecule is NC(=NCCCc1cnc[nH]1)NCCCC1CCCCC1. The molecule has 0 amide bonds. The zero-order chi connectivity index (χ0) is 14.8. The lowest BCUT2D eigenvalue weighted by Crippen LogP contribution is -2.32. The number of nitrogens with one attached hydrogen (secondary N) is 2. The molecule has 1 fully saturated rings. The molecule has 5 heteroatoms. The molecule has 0 aliphatic heterocycles. The van der Waals surface area contributed by atoms with E-state index in [1.165, 1.54) is 44.9 Å². The van der Waals surface area contributed by atoms with E-state index >= 15 is 0 Å². The average molecular weight is 291 g/mol. The molecule has 0 atom stereocenters. The minimum absolute atomic E-state index is 0.586. The third-order valence-corrected chi connectivity index (χ3v) is 4.26. The van der Waals surface area contributed by atoms with Crippen molar-refractivity contribution in [2.24, 2.45) is 16.6 Å². The first kappa shape index (κ1) is 15.9. The highest BCUT2D eigenvalue weighted by Crippen LogP contribution is 2.26. The molecule has 2 rings (SSSR count). The molecule has 1 aromatic rings. The summed E-state index contributed by atoms with van der Waals surface area (Å²) in [5.41, 5.74) is 7.03. The smallest absolute Gasteiger partial charge is 0.188 e. The number of hydrogen-bond donors (Lipinski definition) is 3. The van der Waals surface area contributed by atoms with Crippen LogP contribution in [-0.2, 0) is 6.42 Å². The quantitative estimate of drug-likeness (QED) is 0.391. The predicted molar refractivity (Wildman–Crippen MR) is 87.2 cm³/mol. The summed E-state index contributed by atoms with van der Waals surface area (Å²) in [6.45, 7) is 1.72. The van der Waals surface area contributed by atoms with Crippen LogP contribution in [0.5, 0.6) is 0 Å². The second-order valence-electron chi connectivity index (χ2n) is 6.02. The molecular formula is C16H29N5. The highest BCUT2D eigenvalue weighted by atomic mass is 15.1. The number of H-pyrrole nitrogens is 1. The van der Waals surface area contributed by atoms with Crippen molar-refractivity contribution in [2.75, 3.05) is 13.1 Å². The monoisotopic (exact) mass is 291 g/mol. The number of rotatable bonds is 8. The third-order valence-electron chi connectivity index (χ3n) is 4.26. The molecule has 21 heavy (non-hydrogen) atoms. The van der Waals surface area contributed by atoms with Crippen LogP contribution in [0.15, 0.2) is 17.5 Å². The highest BCUT2D eigenvalue weighted by Gasteiger charge is 2.12. The van der Waals surface area contributed by atoms with Gasteiger partial charge in [0.15, 0.2) is 5.96 Å². The number of hydrogen-bond acceptors (Lipinski definition) is 2. The van der Waals surface area contributed by atoms with E-state index in [1.54, 1.807) is 6.33 Å². The van der Waals surface area contributed by atoms with Crippen molar-refractivity contribution >= 4 is 5.96 Å². The number of aliphatic imine (C=N–C) groups is 1. The van der Waals surface area contributed by atoms with Gasteiger partial charge in [0.1, 0.15) is 0 Å². The summed E-state index contributed by atoms with van der Waals surface area (Å²) < 4.78 is 0.